The van der Waals surface area contributed by atoms with Crippen molar-refractivity contribution in [2.24, 2.45) is 5.73 Å². The van der Waals surface area contributed by atoms with Gasteiger partial charge in [-0.25, -0.2) is 4.79 Å². The average molecular weight is 238 g/mol. The maximum absolute atomic E-state index is 11.6. The molecular weight excluding hydrogens is 224 g/mol. The maximum atomic E-state index is 11.6. The van der Waals surface area contributed by atoms with E-state index in [1.807, 2.05) is 0 Å². The van der Waals surface area contributed by atoms with Gasteiger partial charge in [0, 0.05) is 18.7 Å². The van der Waals surface area contributed by atoms with Crippen molar-refractivity contribution >= 4 is 11.9 Å². The molecule has 1 aromatic heterocycles. The van der Waals surface area contributed by atoms with Crippen LogP contribution in [0.15, 0.2) is 23.1 Å². The molecule has 0 atom stereocenters. The van der Waals surface area contributed by atoms with Crippen LogP contribution in [0.5, 0.6) is 0 Å². The fourth-order valence-electron chi connectivity index (χ4n) is 1.60. The summed E-state index contributed by atoms with van der Waals surface area (Å²) in [6.45, 7) is 3.29. The molecule has 0 saturated heterocycles. The van der Waals surface area contributed by atoms with E-state index in [-0.39, 0.29) is 17.5 Å². The summed E-state index contributed by atoms with van der Waals surface area (Å²) in [5.74, 6) is -1.68. The molecule has 1 rings (SSSR count). The van der Waals surface area contributed by atoms with E-state index < -0.39 is 17.4 Å². The van der Waals surface area contributed by atoms with E-state index in [0.717, 1.165) is 6.07 Å². The third-order valence-corrected chi connectivity index (χ3v) is 2.42. The molecule has 6 heteroatoms. The Morgan fingerprint density at radius 3 is 2.47 bits per heavy atom. The number of aromatic carboxylic acids is 1. The lowest BCUT2D eigenvalue weighted by Gasteiger charge is -2.26. The number of amides is 1. The standard InChI is InChI=1S/C11H14N2O4/c1-11(2,5-8(12)14)13-6-7(10(16)17)3-4-9(13)15/h3-4,6H,5H2,1-2H3,(H2,12,14)(H,16,17). The van der Waals surface area contributed by atoms with Gasteiger partial charge >= 0.3 is 5.97 Å². The molecule has 0 unspecified atom stereocenters. The molecule has 6 nitrogen and oxygen atoms in total. The molecule has 0 aliphatic heterocycles. The van der Waals surface area contributed by atoms with Gasteiger partial charge in [0.15, 0.2) is 0 Å². The fraction of sp³-hybridized carbons (Fsp3) is 0.364. The molecule has 0 aromatic carbocycles. The predicted molar refractivity (Wildman–Crippen MR) is 60.8 cm³/mol. The van der Waals surface area contributed by atoms with Gasteiger partial charge in [0.2, 0.25) is 5.91 Å². The molecule has 92 valence electrons. The highest BCUT2D eigenvalue weighted by Crippen LogP contribution is 2.17. The lowest BCUT2D eigenvalue weighted by molar-refractivity contribution is -0.119. The van der Waals surface area contributed by atoms with E-state index in [0.29, 0.717) is 0 Å². The van der Waals surface area contributed by atoms with Gasteiger partial charge in [0.05, 0.1) is 11.1 Å². The zero-order valence-corrected chi connectivity index (χ0v) is 9.64. The zero-order chi connectivity index (χ0) is 13.2. The summed E-state index contributed by atoms with van der Waals surface area (Å²) in [5.41, 5.74) is 3.85. The van der Waals surface area contributed by atoms with Gasteiger partial charge in [-0.2, -0.15) is 0 Å². The SMILES string of the molecule is CC(C)(CC(N)=O)n1cc(C(=O)O)ccc1=O. The Labute approximate surface area is 97.7 Å². The monoisotopic (exact) mass is 238 g/mol. The number of pyridine rings is 1. The Morgan fingerprint density at radius 1 is 1.41 bits per heavy atom. The summed E-state index contributed by atoms with van der Waals surface area (Å²) < 4.78 is 1.21. The molecule has 1 heterocycles. The van der Waals surface area contributed by atoms with Crippen molar-refractivity contribution in [1.82, 2.24) is 4.57 Å². The number of rotatable bonds is 4. The number of carbonyl (C=O) groups is 2. The number of primary amides is 1. The normalized spacial score (nSPS) is 11.2. The quantitative estimate of drug-likeness (QED) is 0.779. The van der Waals surface area contributed by atoms with Crippen molar-refractivity contribution in [3.8, 4) is 0 Å². The Morgan fingerprint density at radius 2 is 2.00 bits per heavy atom. The van der Waals surface area contributed by atoms with Gasteiger partial charge < -0.3 is 15.4 Å². The molecule has 0 radical (unpaired) electrons. The second kappa shape index (κ2) is 4.40. The van der Waals surface area contributed by atoms with Crippen molar-refractivity contribution < 1.29 is 14.7 Å². The molecule has 0 saturated carbocycles. The number of hydrogen-bond acceptors (Lipinski definition) is 3. The van der Waals surface area contributed by atoms with Gasteiger partial charge in [-0.15, -0.1) is 0 Å². The van der Waals surface area contributed by atoms with Gasteiger partial charge in [-0.05, 0) is 19.9 Å². The van der Waals surface area contributed by atoms with Crippen molar-refractivity contribution in [2.45, 2.75) is 25.8 Å². The minimum Gasteiger partial charge on any atom is -0.478 e. The second-order valence-electron chi connectivity index (χ2n) is 4.39. The van der Waals surface area contributed by atoms with Gasteiger partial charge in [0.25, 0.3) is 5.56 Å². The van der Waals surface area contributed by atoms with E-state index in [9.17, 15) is 14.4 Å². The second-order valence-corrected chi connectivity index (χ2v) is 4.39. The van der Waals surface area contributed by atoms with Crippen molar-refractivity contribution in [1.29, 1.82) is 0 Å². The summed E-state index contributed by atoms with van der Waals surface area (Å²) in [7, 11) is 0. The molecule has 0 aliphatic rings. The highest BCUT2D eigenvalue weighted by atomic mass is 16.4. The number of carbonyl (C=O) groups excluding carboxylic acids is 1. The first-order chi connectivity index (χ1) is 7.74. The third kappa shape index (κ3) is 2.93. The minimum atomic E-state index is -1.13. The van der Waals surface area contributed by atoms with E-state index in [4.69, 9.17) is 10.8 Å². The van der Waals surface area contributed by atoms with Crippen molar-refractivity contribution in [3.05, 3.63) is 34.2 Å². The molecule has 0 bridgehead atoms. The molecule has 0 spiro atoms. The largest absolute Gasteiger partial charge is 0.478 e. The van der Waals surface area contributed by atoms with Crippen LogP contribution in [0.4, 0.5) is 0 Å². The summed E-state index contributed by atoms with van der Waals surface area (Å²) >= 11 is 0. The smallest absolute Gasteiger partial charge is 0.337 e. The Hall–Kier alpha value is -2.11. The Bertz CT molecular complexity index is 516. The Balaban J connectivity index is 3.29. The molecule has 17 heavy (non-hydrogen) atoms. The molecule has 0 fully saturated rings. The number of carboxylic acids is 1. The number of hydrogen-bond donors (Lipinski definition) is 2. The molecule has 0 aliphatic carbocycles. The van der Waals surface area contributed by atoms with Crippen LogP contribution in [0.2, 0.25) is 0 Å². The van der Waals surface area contributed by atoms with Gasteiger partial charge in [-0.1, -0.05) is 0 Å². The lowest BCUT2D eigenvalue weighted by Crippen LogP contribution is -2.39. The number of aromatic nitrogens is 1. The van der Waals surface area contributed by atoms with Crippen LogP contribution in [-0.2, 0) is 10.3 Å². The molecule has 1 aromatic rings. The summed E-state index contributed by atoms with van der Waals surface area (Å²) in [5, 5.41) is 8.84. The fourth-order valence-corrected chi connectivity index (χ4v) is 1.60. The van der Waals surface area contributed by atoms with E-state index >= 15 is 0 Å². The first kappa shape index (κ1) is 13.0. The minimum absolute atomic E-state index is 0.0119. The van der Waals surface area contributed by atoms with Crippen LogP contribution >= 0.6 is 0 Å². The van der Waals surface area contributed by atoms with Crippen LogP contribution in [0.1, 0.15) is 30.6 Å². The molecule has 3 N–H and O–H groups in total. The number of nitrogens with zero attached hydrogens (tertiary/aromatic N) is 1. The Kier molecular flexibility index (Phi) is 3.36. The van der Waals surface area contributed by atoms with Gasteiger partial charge in [-0.3, -0.25) is 9.59 Å². The first-order valence-corrected chi connectivity index (χ1v) is 4.99. The summed E-state index contributed by atoms with van der Waals surface area (Å²) in [4.78, 5) is 33.4. The lowest BCUT2D eigenvalue weighted by atomic mass is 9.99. The van der Waals surface area contributed by atoms with E-state index in [1.54, 1.807) is 13.8 Å². The first-order valence-electron chi connectivity index (χ1n) is 4.99. The van der Waals surface area contributed by atoms with Crippen molar-refractivity contribution in [2.75, 3.05) is 0 Å². The molecular formula is C11H14N2O4. The number of carboxylic acid groups (broad SMARTS) is 1. The highest BCUT2D eigenvalue weighted by molar-refractivity contribution is 5.87. The van der Waals surface area contributed by atoms with Crippen LogP contribution in [-0.4, -0.2) is 21.6 Å². The van der Waals surface area contributed by atoms with E-state index in [2.05, 4.69) is 0 Å². The molecule has 1 amide bonds. The summed E-state index contributed by atoms with van der Waals surface area (Å²) in [6, 6.07) is 2.38. The maximum Gasteiger partial charge on any atom is 0.337 e. The summed E-state index contributed by atoms with van der Waals surface area (Å²) in [6.07, 6.45) is 1.17. The van der Waals surface area contributed by atoms with Crippen LogP contribution < -0.4 is 11.3 Å². The van der Waals surface area contributed by atoms with Crippen LogP contribution in [0.3, 0.4) is 0 Å². The average Bonchev–Trinajstić information content (AvgIpc) is 2.15. The predicted octanol–water partition coefficient (Wildman–Crippen LogP) is 0.157. The van der Waals surface area contributed by atoms with Crippen LogP contribution in [0.25, 0.3) is 0 Å². The zero-order valence-electron chi connectivity index (χ0n) is 9.64. The third-order valence-electron chi connectivity index (χ3n) is 2.42. The van der Waals surface area contributed by atoms with Gasteiger partial charge in [0.1, 0.15) is 0 Å². The number of nitrogens with two attached hydrogens (primary N) is 1. The van der Waals surface area contributed by atoms with Crippen molar-refractivity contribution in [3.63, 3.8) is 0 Å². The topological polar surface area (TPSA) is 102 Å². The highest BCUT2D eigenvalue weighted by Gasteiger charge is 2.24. The van der Waals surface area contributed by atoms with E-state index in [1.165, 1.54) is 16.8 Å². The van der Waals surface area contributed by atoms with Crippen LogP contribution in [0, 0.1) is 0 Å².